The lowest BCUT2D eigenvalue weighted by Gasteiger charge is -2.17. The first-order valence-electron chi connectivity index (χ1n) is 16.5. The molecule has 51 heavy (non-hydrogen) atoms. The van der Waals surface area contributed by atoms with Crippen molar-refractivity contribution in [3.05, 3.63) is 149 Å². The van der Waals surface area contributed by atoms with E-state index in [0.717, 1.165) is 27.8 Å². The van der Waals surface area contributed by atoms with Crippen LogP contribution >= 0.6 is 0 Å². The Bertz CT molecular complexity index is 2040. The number of benzene rings is 6. The molecule has 0 unspecified atom stereocenters. The van der Waals surface area contributed by atoms with Crippen LogP contribution in [0.5, 0.6) is 63.2 Å². The summed E-state index contributed by atoms with van der Waals surface area (Å²) < 4.78 is 12.3. The van der Waals surface area contributed by atoms with E-state index in [-0.39, 0.29) is 63.2 Å². The molecule has 0 bridgehead atoms. The maximum Gasteiger partial charge on any atom is 0.202 e. The van der Waals surface area contributed by atoms with Crippen molar-refractivity contribution in [1.82, 2.24) is 0 Å². The van der Waals surface area contributed by atoms with Crippen LogP contribution in [0, 0.1) is 0 Å². The number of aryl methyl sites for hydroxylation is 6. The van der Waals surface area contributed by atoms with Crippen LogP contribution in [0.2, 0.25) is 0 Å². The molecule has 0 amide bonds. The van der Waals surface area contributed by atoms with E-state index in [9.17, 15) is 35.7 Å². The van der Waals surface area contributed by atoms with Crippen molar-refractivity contribution in [2.24, 2.45) is 0 Å². The van der Waals surface area contributed by atoms with E-state index in [0.29, 0.717) is 44.1 Å². The summed E-state index contributed by atoms with van der Waals surface area (Å²) in [4.78, 5) is 0. The molecule has 0 saturated carbocycles. The smallest absolute Gasteiger partial charge is 0.202 e. The predicted octanol–water partition coefficient (Wildman–Crippen LogP) is 8.57. The second-order valence-corrected chi connectivity index (χ2v) is 12.4. The molecular formula is C42H38O9. The Labute approximate surface area is 295 Å². The van der Waals surface area contributed by atoms with Crippen molar-refractivity contribution in [3.63, 3.8) is 0 Å². The zero-order valence-electron chi connectivity index (χ0n) is 27.7. The minimum atomic E-state index is -0.352. The Kier molecular flexibility index (Phi) is 10.4. The standard InChI is InChI=1S/C42H38O9/c43-32-5-1-3-26(19-32)7-9-29-14-17-35(46)38(22-29)50-40-24-31(12-11-28-13-16-34(45)37(48)21-28)25-41(42(40)49)51-39-23-30(15-18-36(39)47)10-8-27-4-2-6-33(44)20-27/h1-6,13-25,43-49H,7-12H2. The van der Waals surface area contributed by atoms with Gasteiger partial charge in [0.2, 0.25) is 5.75 Å². The Balaban J connectivity index is 1.28. The molecule has 0 atom stereocenters. The quantitative estimate of drug-likeness (QED) is 0.0591. The normalized spacial score (nSPS) is 11.0. The van der Waals surface area contributed by atoms with Crippen molar-refractivity contribution in [2.45, 2.75) is 38.5 Å². The summed E-state index contributed by atoms with van der Waals surface area (Å²) in [6, 6.07) is 31.8. The molecule has 0 radical (unpaired) electrons. The van der Waals surface area contributed by atoms with Crippen LogP contribution in [-0.4, -0.2) is 35.7 Å². The van der Waals surface area contributed by atoms with Gasteiger partial charge in [-0.15, -0.1) is 0 Å². The molecule has 9 heteroatoms. The van der Waals surface area contributed by atoms with Crippen molar-refractivity contribution in [1.29, 1.82) is 0 Å². The average Bonchev–Trinajstić information content (AvgIpc) is 3.11. The van der Waals surface area contributed by atoms with Crippen molar-refractivity contribution in [3.8, 4) is 63.2 Å². The van der Waals surface area contributed by atoms with Crippen molar-refractivity contribution in [2.75, 3.05) is 0 Å². The molecule has 0 aliphatic carbocycles. The molecule has 0 aliphatic rings. The summed E-state index contributed by atoms with van der Waals surface area (Å²) in [5.74, 6) is -0.462. The van der Waals surface area contributed by atoms with Crippen molar-refractivity contribution >= 4 is 0 Å². The van der Waals surface area contributed by atoms with Crippen LogP contribution < -0.4 is 9.47 Å². The first-order chi connectivity index (χ1) is 24.6. The Hall–Kier alpha value is -6.48. The molecule has 7 N–H and O–H groups in total. The lowest BCUT2D eigenvalue weighted by molar-refractivity contribution is 0.357. The van der Waals surface area contributed by atoms with Gasteiger partial charge in [0.25, 0.3) is 0 Å². The van der Waals surface area contributed by atoms with Crippen LogP contribution in [0.1, 0.15) is 33.4 Å². The summed E-state index contributed by atoms with van der Waals surface area (Å²) in [5.41, 5.74) is 5.07. The summed E-state index contributed by atoms with van der Waals surface area (Å²) in [6.45, 7) is 0. The summed E-state index contributed by atoms with van der Waals surface area (Å²) in [6.07, 6.45) is 3.36. The summed E-state index contributed by atoms with van der Waals surface area (Å²) >= 11 is 0. The SMILES string of the molecule is Oc1cccc(CCc2ccc(O)c(Oc3cc(CCc4ccc(O)c(O)c4)cc(Oc4cc(CCc5cccc(O)c5)ccc4O)c3O)c2)c1. The summed E-state index contributed by atoms with van der Waals surface area (Å²) in [5, 5.41) is 72.3. The first-order valence-corrected chi connectivity index (χ1v) is 16.5. The van der Waals surface area contributed by atoms with E-state index < -0.39 is 0 Å². The number of rotatable bonds is 13. The minimum absolute atomic E-state index is 0.0102. The second-order valence-electron chi connectivity index (χ2n) is 12.4. The molecular weight excluding hydrogens is 648 g/mol. The molecule has 6 rings (SSSR count). The number of ether oxygens (including phenoxy) is 2. The van der Waals surface area contributed by atoms with Crippen LogP contribution in [0.3, 0.4) is 0 Å². The van der Waals surface area contributed by atoms with E-state index in [4.69, 9.17) is 9.47 Å². The monoisotopic (exact) mass is 686 g/mol. The topological polar surface area (TPSA) is 160 Å². The van der Waals surface area contributed by atoms with Crippen LogP contribution in [0.15, 0.2) is 115 Å². The number of phenols is 7. The highest BCUT2D eigenvalue weighted by Crippen LogP contribution is 2.45. The highest BCUT2D eigenvalue weighted by atomic mass is 16.5. The zero-order chi connectivity index (χ0) is 35.9. The van der Waals surface area contributed by atoms with Gasteiger partial charge in [-0.1, -0.05) is 42.5 Å². The Morgan fingerprint density at radius 1 is 0.314 bits per heavy atom. The Morgan fingerprint density at radius 3 is 1.12 bits per heavy atom. The fourth-order valence-electron chi connectivity index (χ4n) is 5.78. The molecule has 9 nitrogen and oxygen atoms in total. The average molecular weight is 687 g/mol. The van der Waals surface area contributed by atoms with Gasteiger partial charge in [0.1, 0.15) is 11.5 Å². The Morgan fingerprint density at radius 2 is 0.686 bits per heavy atom. The van der Waals surface area contributed by atoms with E-state index in [1.54, 1.807) is 78.9 Å². The maximum absolute atomic E-state index is 11.4. The van der Waals surface area contributed by atoms with E-state index in [2.05, 4.69) is 0 Å². The third-order valence-corrected chi connectivity index (χ3v) is 8.56. The van der Waals surface area contributed by atoms with Gasteiger partial charge in [-0.05, 0) is 145 Å². The van der Waals surface area contributed by atoms with E-state index in [1.165, 1.54) is 24.3 Å². The van der Waals surface area contributed by atoms with Gasteiger partial charge in [0.15, 0.2) is 46.0 Å². The zero-order valence-corrected chi connectivity index (χ0v) is 27.7. The van der Waals surface area contributed by atoms with Gasteiger partial charge in [-0.3, -0.25) is 0 Å². The molecule has 0 aliphatic heterocycles. The minimum Gasteiger partial charge on any atom is -0.508 e. The van der Waals surface area contributed by atoms with Crippen LogP contribution in [0.25, 0.3) is 0 Å². The third kappa shape index (κ3) is 8.96. The highest BCUT2D eigenvalue weighted by Gasteiger charge is 2.18. The fourth-order valence-corrected chi connectivity index (χ4v) is 5.78. The maximum atomic E-state index is 11.4. The first kappa shape index (κ1) is 34.4. The molecule has 0 saturated heterocycles. The highest BCUT2D eigenvalue weighted by molar-refractivity contribution is 5.58. The number of hydrogen-bond acceptors (Lipinski definition) is 9. The fraction of sp³-hybridized carbons (Fsp3) is 0.143. The number of hydrogen-bond donors (Lipinski definition) is 7. The van der Waals surface area contributed by atoms with Crippen molar-refractivity contribution < 1.29 is 45.2 Å². The molecule has 260 valence electrons. The lowest BCUT2D eigenvalue weighted by Crippen LogP contribution is -1.97. The van der Waals surface area contributed by atoms with Gasteiger partial charge in [-0.2, -0.15) is 0 Å². The molecule has 6 aromatic rings. The molecule has 0 spiro atoms. The largest absolute Gasteiger partial charge is 0.508 e. The predicted molar refractivity (Wildman–Crippen MR) is 193 cm³/mol. The van der Waals surface area contributed by atoms with Gasteiger partial charge >= 0.3 is 0 Å². The van der Waals surface area contributed by atoms with Gasteiger partial charge in [-0.25, -0.2) is 0 Å². The van der Waals surface area contributed by atoms with Gasteiger partial charge < -0.3 is 45.2 Å². The summed E-state index contributed by atoms with van der Waals surface area (Å²) in [7, 11) is 0. The van der Waals surface area contributed by atoms with Gasteiger partial charge in [0.05, 0.1) is 0 Å². The third-order valence-electron chi connectivity index (χ3n) is 8.56. The molecule has 0 aromatic heterocycles. The van der Waals surface area contributed by atoms with Crippen LogP contribution in [0.4, 0.5) is 0 Å². The lowest BCUT2D eigenvalue weighted by atomic mass is 10.0. The molecule has 0 fully saturated rings. The number of phenolic OH excluding ortho intramolecular Hbond substituents is 7. The molecule has 0 heterocycles. The van der Waals surface area contributed by atoms with Crippen LogP contribution in [-0.2, 0) is 38.5 Å². The van der Waals surface area contributed by atoms with E-state index in [1.807, 2.05) is 12.1 Å². The number of aromatic hydroxyl groups is 7. The second kappa shape index (κ2) is 15.4. The molecule has 6 aromatic carbocycles. The van der Waals surface area contributed by atoms with Gasteiger partial charge in [0, 0.05) is 0 Å². The van der Waals surface area contributed by atoms with E-state index >= 15 is 0 Å².